The molecule has 3 amide bonds. The summed E-state index contributed by atoms with van der Waals surface area (Å²) in [4.78, 5) is 23.4. The SMILES string of the molecule is NC(=O)c1n[nH]cc1NCc1cccc(NC(=O)Nc2cccc(C(F)(F)F)c2)c1. The van der Waals surface area contributed by atoms with Crippen molar-refractivity contribution >= 4 is 29.0 Å². The van der Waals surface area contributed by atoms with Crippen LogP contribution < -0.4 is 21.7 Å². The maximum absolute atomic E-state index is 12.8. The molecule has 156 valence electrons. The van der Waals surface area contributed by atoms with Crippen molar-refractivity contribution in [3.8, 4) is 0 Å². The lowest BCUT2D eigenvalue weighted by atomic mass is 10.2. The number of aromatic nitrogens is 2. The Hall–Kier alpha value is -4.02. The van der Waals surface area contributed by atoms with Gasteiger partial charge >= 0.3 is 12.2 Å². The molecule has 0 fully saturated rings. The maximum Gasteiger partial charge on any atom is 0.416 e. The first-order valence-corrected chi connectivity index (χ1v) is 8.64. The number of carbonyl (C=O) groups excluding carboxylic acids is 2. The molecule has 0 aliphatic heterocycles. The van der Waals surface area contributed by atoms with Gasteiger partial charge in [0.05, 0.1) is 11.3 Å². The van der Waals surface area contributed by atoms with Gasteiger partial charge in [-0.05, 0) is 35.9 Å². The van der Waals surface area contributed by atoms with E-state index in [9.17, 15) is 22.8 Å². The van der Waals surface area contributed by atoms with Crippen molar-refractivity contribution in [2.75, 3.05) is 16.0 Å². The molecular weight excluding hydrogens is 401 g/mol. The molecule has 0 aliphatic rings. The van der Waals surface area contributed by atoms with E-state index in [1.165, 1.54) is 18.3 Å². The Balaban J connectivity index is 1.61. The first-order valence-electron chi connectivity index (χ1n) is 8.64. The number of nitrogens with two attached hydrogens (primary N) is 1. The molecule has 0 saturated carbocycles. The van der Waals surface area contributed by atoms with Crippen LogP contribution in [-0.4, -0.2) is 22.1 Å². The molecule has 0 atom stereocenters. The van der Waals surface area contributed by atoms with Crippen LogP contribution in [0.4, 0.5) is 35.0 Å². The van der Waals surface area contributed by atoms with Crippen molar-refractivity contribution in [2.24, 2.45) is 5.73 Å². The highest BCUT2D eigenvalue weighted by molar-refractivity contribution is 5.99. The number of amides is 3. The van der Waals surface area contributed by atoms with E-state index in [1.54, 1.807) is 24.3 Å². The highest BCUT2D eigenvalue weighted by atomic mass is 19.4. The van der Waals surface area contributed by atoms with E-state index in [2.05, 4.69) is 26.1 Å². The van der Waals surface area contributed by atoms with E-state index in [0.29, 0.717) is 17.9 Å². The fourth-order valence-corrected chi connectivity index (χ4v) is 2.64. The summed E-state index contributed by atoms with van der Waals surface area (Å²) >= 11 is 0. The lowest BCUT2D eigenvalue weighted by Crippen LogP contribution is -2.20. The highest BCUT2D eigenvalue weighted by Crippen LogP contribution is 2.30. The number of benzene rings is 2. The van der Waals surface area contributed by atoms with Crippen LogP contribution in [0.1, 0.15) is 21.6 Å². The van der Waals surface area contributed by atoms with E-state index in [0.717, 1.165) is 17.7 Å². The molecule has 6 N–H and O–H groups in total. The molecule has 0 spiro atoms. The Morgan fingerprint density at radius 2 is 1.70 bits per heavy atom. The standard InChI is InChI=1S/C19H17F3N6O2/c20-19(21,22)12-4-2-6-14(8-12)27-18(30)26-13-5-1-3-11(7-13)9-24-15-10-25-28-16(15)17(23)29/h1-8,10,24H,9H2,(H2,23,29)(H,25,28)(H2,26,27,30). The van der Waals surface area contributed by atoms with Crippen molar-refractivity contribution in [3.05, 3.63) is 71.5 Å². The average Bonchev–Trinajstić information content (AvgIpc) is 3.15. The van der Waals surface area contributed by atoms with Gasteiger partial charge in [0, 0.05) is 24.1 Å². The molecule has 1 aromatic heterocycles. The summed E-state index contributed by atoms with van der Waals surface area (Å²) < 4.78 is 38.3. The van der Waals surface area contributed by atoms with Gasteiger partial charge < -0.3 is 21.7 Å². The summed E-state index contributed by atoms with van der Waals surface area (Å²) in [7, 11) is 0. The van der Waals surface area contributed by atoms with E-state index in [-0.39, 0.29) is 11.4 Å². The molecule has 30 heavy (non-hydrogen) atoms. The van der Waals surface area contributed by atoms with Crippen LogP contribution in [0.25, 0.3) is 0 Å². The number of rotatable bonds is 6. The Bertz CT molecular complexity index is 1060. The van der Waals surface area contributed by atoms with Gasteiger partial charge in [-0.2, -0.15) is 18.3 Å². The van der Waals surface area contributed by atoms with Gasteiger partial charge in [0.2, 0.25) is 0 Å². The number of primary amides is 1. The molecular formula is C19H17F3N6O2. The van der Waals surface area contributed by atoms with Crippen LogP contribution >= 0.6 is 0 Å². The Morgan fingerprint density at radius 3 is 2.37 bits per heavy atom. The summed E-state index contributed by atoms with van der Waals surface area (Å²) in [5.41, 5.74) is 6.09. The van der Waals surface area contributed by atoms with E-state index >= 15 is 0 Å². The Morgan fingerprint density at radius 1 is 1.03 bits per heavy atom. The predicted molar refractivity (Wildman–Crippen MR) is 105 cm³/mol. The third-order valence-electron chi connectivity index (χ3n) is 3.99. The number of hydrogen-bond donors (Lipinski definition) is 5. The molecule has 0 radical (unpaired) electrons. The molecule has 11 heteroatoms. The van der Waals surface area contributed by atoms with Crippen LogP contribution in [0.3, 0.4) is 0 Å². The number of nitrogens with one attached hydrogen (secondary N) is 4. The van der Waals surface area contributed by atoms with Crippen molar-refractivity contribution in [1.29, 1.82) is 0 Å². The predicted octanol–water partition coefficient (Wildman–Crippen LogP) is 3.78. The van der Waals surface area contributed by atoms with E-state index in [4.69, 9.17) is 5.73 Å². The van der Waals surface area contributed by atoms with Gasteiger partial charge in [-0.25, -0.2) is 4.79 Å². The van der Waals surface area contributed by atoms with Crippen LogP contribution in [-0.2, 0) is 12.7 Å². The minimum absolute atomic E-state index is 0.0130. The number of anilines is 3. The zero-order valence-corrected chi connectivity index (χ0v) is 15.4. The van der Waals surface area contributed by atoms with Crippen molar-refractivity contribution in [2.45, 2.75) is 12.7 Å². The van der Waals surface area contributed by atoms with E-state index < -0.39 is 23.7 Å². The first kappa shape index (κ1) is 20.7. The molecule has 1 heterocycles. The van der Waals surface area contributed by atoms with Crippen molar-refractivity contribution < 1.29 is 22.8 Å². The van der Waals surface area contributed by atoms with Gasteiger partial charge in [-0.3, -0.25) is 9.89 Å². The minimum atomic E-state index is -4.50. The summed E-state index contributed by atoms with van der Waals surface area (Å²) in [5, 5.41) is 14.2. The number of H-pyrrole nitrogens is 1. The second-order valence-corrected chi connectivity index (χ2v) is 6.22. The van der Waals surface area contributed by atoms with Crippen LogP contribution in [0.15, 0.2) is 54.7 Å². The lowest BCUT2D eigenvalue weighted by molar-refractivity contribution is -0.137. The van der Waals surface area contributed by atoms with Crippen LogP contribution in [0.5, 0.6) is 0 Å². The minimum Gasteiger partial charge on any atom is -0.378 e. The Labute approximate surface area is 168 Å². The molecule has 0 unspecified atom stereocenters. The van der Waals surface area contributed by atoms with Crippen molar-refractivity contribution in [1.82, 2.24) is 10.2 Å². The third kappa shape index (κ3) is 5.28. The number of halogens is 3. The number of carbonyl (C=O) groups is 2. The molecule has 8 nitrogen and oxygen atoms in total. The summed E-state index contributed by atoms with van der Waals surface area (Å²) in [6.45, 7) is 0.310. The van der Waals surface area contributed by atoms with Gasteiger partial charge in [0.1, 0.15) is 0 Å². The van der Waals surface area contributed by atoms with E-state index in [1.807, 2.05) is 0 Å². The van der Waals surface area contributed by atoms with Crippen LogP contribution in [0.2, 0.25) is 0 Å². The summed E-state index contributed by atoms with van der Waals surface area (Å²) in [6, 6.07) is 10.4. The fraction of sp³-hybridized carbons (Fsp3) is 0.105. The van der Waals surface area contributed by atoms with Gasteiger partial charge in [0.15, 0.2) is 5.69 Å². The third-order valence-corrected chi connectivity index (χ3v) is 3.99. The van der Waals surface area contributed by atoms with Gasteiger partial charge in [-0.1, -0.05) is 18.2 Å². The lowest BCUT2D eigenvalue weighted by Gasteiger charge is -2.12. The number of alkyl halides is 3. The highest BCUT2D eigenvalue weighted by Gasteiger charge is 2.30. The Kier molecular flexibility index (Phi) is 5.90. The summed E-state index contributed by atoms with van der Waals surface area (Å²) in [5.74, 6) is -0.680. The molecule has 0 bridgehead atoms. The first-order chi connectivity index (χ1) is 14.2. The van der Waals surface area contributed by atoms with Gasteiger partial charge in [0.25, 0.3) is 5.91 Å². The zero-order valence-electron chi connectivity index (χ0n) is 15.4. The second-order valence-electron chi connectivity index (χ2n) is 6.22. The quantitative estimate of drug-likeness (QED) is 0.418. The molecule has 2 aromatic carbocycles. The van der Waals surface area contributed by atoms with Gasteiger partial charge in [-0.15, -0.1) is 0 Å². The maximum atomic E-state index is 12.8. The number of hydrogen-bond acceptors (Lipinski definition) is 4. The molecule has 0 saturated heterocycles. The topological polar surface area (TPSA) is 125 Å². The number of aromatic amines is 1. The molecule has 0 aliphatic carbocycles. The second kappa shape index (κ2) is 8.55. The molecule has 3 rings (SSSR count). The number of nitrogens with zero attached hydrogens (tertiary/aromatic N) is 1. The molecule has 3 aromatic rings. The van der Waals surface area contributed by atoms with Crippen LogP contribution in [0, 0.1) is 0 Å². The normalized spacial score (nSPS) is 11.0. The monoisotopic (exact) mass is 418 g/mol. The zero-order chi connectivity index (χ0) is 21.7. The average molecular weight is 418 g/mol. The van der Waals surface area contributed by atoms with Crippen molar-refractivity contribution in [3.63, 3.8) is 0 Å². The fourth-order valence-electron chi connectivity index (χ4n) is 2.64. The smallest absolute Gasteiger partial charge is 0.378 e. The largest absolute Gasteiger partial charge is 0.416 e. The summed E-state index contributed by atoms with van der Waals surface area (Å²) in [6.07, 6.45) is -3.01. The number of urea groups is 1.